The average Bonchev–Trinajstić information content (AvgIpc) is 3.00. The maximum Gasteiger partial charge on any atom is 0.134 e. The molecule has 2 nitrogen and oxygen atoms in total. The molecule has 0 N–H and O–H groups in total. The summed E-state index contributed by atoms with van der Waals surface area (Å²) in [5, 5.41) is 0. The molecule has 0 saturated carbocycles. The van der Waals surface area contributed by atoms with Crippen LogP contribution < -0.4 is 0 Å². The van der Waals surface area contributed by atoms with E-state index in [1.807, 2.05) is 0 Å². The molecule has 0 unspecified atom stereocenters. The van der Waals surface area contributed by atoms with Crippen LogP contribution in [0.5, 0.6) is 0 Å². The van der Waals surface area contributed by atoms with Crippen molar-refractivity contribution in [2.24, 2.45) is 0 Å². The Morgan fingerprint density at radius 1 is 1.00 bits per heavy atom. The van der Waals surface area contributed by atoms with Crippen LogP contribution in [-0.4, -0.2) is 11.4 Å². The number of rotatable bonds is 3. The van der Waals surface area contributed by atoms with Crippen LogP contribution in [0.1, 0.15) is 16.9 Å². The standard InChI is InChI=1S/C20H18BrNO/c21-18-8-6-16(7-9-18)19-12-17-10-11-22(14-20(17)23-19)13-15-4-2-1-3-5-15/h1-9,12H,10-11,13-14H2. The lowest BCUT2D eigenvalue weighted by Gasteiger charge is -2.25. The van der Waals surface area contributed by atoms with Crippen LogP contribution in [0, 0.1) is 0 Å². The van der Waals surface area contributed by atoms with Gasteiger partial charge in [0, 0.05) is 23.1 Å². The third-order valence-electron chi connectivity index (χ3n) is 4.34. The van der Waals surface area contributed by atoms with E-state index in [0.717, 1.165) is 47.6 Å². The van der Waals surface area contributed by atoms with E-state index in [4.69, 9.17) is 4.42 Å². The van der Waals surface area contributed by atoms with Crippen molar-refractivity contribution in [3.63, 3.8) is 0 Å². The molecule has 1 aliphatic heterocycles. The summed E-state index contributed by atoms with van der Waals surface area (Å²) in [5.41, 5.74) is 3.85. The fraction of sp³-hybridized carbons (Fsp3) is 0.200. The molecule has 0 amide bonds. The number of furan rings is 1. The SMILES string of the molecule is Brc1ccc(-c2cc3c(o2)CN(Cc2ccccc2)CC3)cc1. The zero-order valence-corrected chi connectivity index (χ0v) is 14.4. The molecule has 2 aromatic carbocycles. The van der Waals surface area contributed by atoms with Crippen LogP contribution in [0.4, 0.5) is 0 Å². The van der Waals surface area contributed by atoms with Crippen LogP contribution in [0.3, 0.4) is 0 Å². The Labute approximate surface area is 144 Å². The summed E-state index contributed by atoms with van der Waals surface area (Å²) in [5.74, 6) is 2.09. The van der Waals surface area contributed by atoms with E-state index in [1.165, 1.54) is 11.1 Å². The molecule has 0 atom stereocenters. The first-order chi connectivity index (χ1) is 11.3. The summed E-state index contributed by atoms with van der Waals surface area (Å²) in [6.07, 6.45) is 1.06. The van der Waals surface area contributed by atoms with Crippen molar-refractivity contribution in [3.8, 4) is 11.3 Å². The molecule has 0 saturated heterocycles. The molecule has 0 fully saturated rings. The van der Waals surface area contributed by atoms with Crippen LogP contribution in [0.15, 0.2) is 69.6 Å². The van der Waals surface area contributed by atoms with E-state index in [1.54, 1.807) is 0 Å². The highest BCUT2D eigenvalue weighted by molar-refractivity contribution is 9.10. The van der Waals surface area contributed by atoms with Gasteiger partial charge in [0.15, 0.2) is 0 Å². The fourth-order valence-electron chi connectivity index (χ4n) is 3.11. The van der Waals surface area contributed by atoms with Crippen molar-refractivity contribution < 1.29 is 4.42 Å². The van der Waals surface area contributed by atoms with E-state index >= 15 is 0 Å². The molecular formula is C20H18BrNO. The smallest absolute Gasteiger partial charge is 0.134 e. The zero-order chi connectivity index (χ0) is 15.6. The Morgan fingerprint density at radius 2 is 1.78 bits per heavy atom. The molecule has 2 heterocycles. The van der Waals surface area contributed by atoms with Crippen molar-refractivity contribution in [1.82, 2.24) is 4.90 Å². The molecule has 0 radical (unpaired) electrons. The number of benzene rings is 2. The molecule has 116 valence electrons. The lowest BCUT2D eigenvalue weighted by atomic mass is 10.1. The minimum Gasteiger partial charge on any atom is -0.459 e. The monoisotopic (exact) mass is 367 g/mol. The molecule has 1 aromatic heterocycles. The Bertz CT molecular complexity index is 792. The zero-order valence-electron chi connectivity index (χ0n) is 12.8. The van der Waals surface area contributed by atoms with Crippen molar-refractivity contribution >= 4 is 15.9 Å². The van der Waals surface area contributed by atoms with Crippen molar-refractivity contribution in [3.05, 3.63) is 82.0 Å². The lowest BCUT2D eigenvalue weighted by Crippen LogP contribution is -2.29. The molecule has 3 aromatic rings. The molecular weight excluding hydrogens is 350 g/mol. The molecule has 3 heteroatoms. The number of fused-ring (bicyclic) bond motifs is 1. The summed E-state index contributed by atoms with van der Waals surface area (Å²) < 4.78 is 7.23. The van der Waals surface area contributed by atoms with Crippen LogP contribution in [0.2, 0.25) is 0 Å². The van der Waals surface area contributed by atoms with Gasteiger partial charge >= 0.3 is 0 Å². The van der Waals surface area contributed by atoms with Gasteiger partial charge in [0.25, 0.3) is 0 Å². The lowest BCUT2D eigenvalue weighted by molar-refractivity contribution is 0.222. The Kier molecular flexibility index (Phi) is 4.06. The third kappa shape index (κ3) is 3.26. The Balaban J connectivity index is 1.52. The third-order valence-corrected chi connectivity index (χ3v) is 4.87. The number of nitrogens with zero attached hydrogens (tertiary/aromatic N) is 1. The second-order valence-corrected chi connectivity index (χ2v) is 6.93. The summed E-state index contributed by atoms with van der Waals surface area (Å²) in [7, 11) is 0. The first-order valence-corrected chi connectivity index (χ1v) is 8.71. The number of hydrogen-bond acceptors (Lipinski definition) is 2. The van der Waals surface area contributed by atoms with Gasteiger partial charge in [0.2, 0.25) is 0 Å². The number of halogens is 1. The molecule has 0 aliphatic carbocycles. The van der Waals surface area contributed by atoms with E-state index in [9.17, 15) is 0 Å². The van der Waals surface area contributed by atoms with Gasteiger partial charge in [-0.1, -0.05) is 58.4 Å². The van der Waals surface area contributed by atoms with Gasteiger partial charge in [-0.15, -0.1) is 0 Å². The predicted octanol–water partition coefficient (Wildman–Crippen LogP) is 5.27. The van der Waals surface area contributed by atoms with E-state index in [-0.39, 0.29) is 0 Å². The van der Waals surface area contributed by atoms with Crippen molar-refractivity contribution in [1.29, 1.82) is 0 Å². The minimum atomic E-state index is 0.890. The van der Waals surface area contributed by atoms with Crippen molar-refractivity contribution in [2.45, 2.75) is 19.5 Å². The van der Waals surface area contributed by atoms with Crippen LogP contribution >= 0.6 is 15.9 Å². The maximum atomic E-state index is 6.14. The molecule has 0 spiro atoms. The topological polar surface area (TPSA) is 16.4 Å². The largest absolute Gasteiger partial charge is 0.459 e. The van der Waals surface area contributed by atoms with Crippen LogP contribution in [-0.2, 0) is 19.5 Å². The average molecular weight is 368 g/mol. The number of hydrogen-bond donors (Lipinski definition) is 0. The molecule has 1 aliphatic rings. The minimum absolute atomic E-state index is 0.890. The predicted molar refractivity (Wildman–Crippen MR) is 96.1 cm³/mol. The summed E-state index contributed by atoms with van der Waals surface area (Å²) >= 11 is 3.48. The quantitative estimate of drug-likeness (QED) is 0.626. The van der Waals surface area contributed by atoms with Gasteiger partial charge in [-0.2, -0.15) is 0 Å². The fourth-order valence-corrected chi connectivity index (χ4v) is 3.37. The highest BCUT2D eigenvalue weighted by atomic mass is 79.9. The Morgan fingerprint density at radius 3 is 2.57 bits per heavy atom. The van der Waals surface area contributed by atoms with Crippen molar-refractivity contribution in [2.75, 3.05) is 6.54 Å². The van der Waals surface area contributed by atoms with Crippen LogP contribution in [0.25, 0.3) is 11.3 Å². The highest BCUT2D eigenvalue weighted by Crippen LogP contribution is 2.30. The van der Waals surface area contributed by atoms with Gasteiger partial charge in [0.05, 0.1) is 6.54 Å². The first-order valence-electron chi connectivity index (χ1n) is 7.92. The Hall–Kier alpha value is -1.84. The first kappa shape index (κ1) is 14.7. The normalized spacial score (nSPS) is 14.7. The van der Waals surface area contributed by atoms with E-state index in [2.05, 4.69) is 81.5 Å². The molecule has 23 heavy (non-hydrogen) atoms. The molecule has 4 rings (SSSR count). The second kappa shape index (κ2) is 6.34. The van der Waals surface area contributed by atoms with Gasteiger partial charge in [-0.3, -0.25) is 4.90 Å². The second-order valence-electron chi connectivity index (χ2n) is 6.01. The van der Waals surface area contributed by atoms with Gasteiger partial charge in [0.1, 0.15) is 11.5 Å². The molecule has 0 bridgehead atoms. The summed E-state index contributed by atoms with van der Waals surface area (Å²) in [4.78, 5) is 2.45. The van der Waals surface area contributed by atoms with E-state index in [0.29, 0.717) is 0 Å². The van der Waals surface area contributed by atoms with Gasteiger partial charge in [-0.05, 0) is 35.7 Å². The van der Waals surface area contributed by atoms with Gasteiger partial charge in [-0.25, -0.2) is 0 Å². The van der Waals surface area contributed by atoms with Gasteiger partial charge < -0.3 is 4.42 Å². The van der Waals surface area contributed by atoms with E-state index < -0.39 is 0 Å². The highest BCUT2D eigenvalue weighted by Gasteiger charge is 2.21. The summed E-state index contributed by atoms with van der Waals surface area (Å²) in [6, 6.07) is 21.1. The maximum absolute atomic E-state index is 6.14. The summed E-state index contributed by atoms with van der Waals surface area (Å²) in [6.45, 7) is 2.95.